The lowest BCUT2D eigenvalue weighted by atomic mass is 10.1. The monoisotopic (exact) mass is 350 g/mol. The number of rotatable bonds is 6. The van der Waals surface area contributed by atoms with Gasteiger partial charge in [-0.15, -0.1) is 12.4 Å². The van der Waals surface area contributed by atoms with Crippen molar-refractivity contribution in [2.75, 3.05) is 37.7 Å². The summed E-state index contributed by atoms with van der Waals surface area (Å²) in [6, 6.07) is 9.64. The number of benzene rings is 1. The number of morpholine rings is 1. The molecular weight excluding hydrogens is 328 g/mol. The average molecular weight is 351 g/mol. The molecule has 7 heteroatoms. The molecule has 1 fully saturated rings. The van der Waals surface area contributed by atoms with E-state index in [0.29, 0.717) is 13.1 Å². The number of halogens is 1. The smallest absolute Gasteiger partial charge is 0.225 e. The molecule has 24 heavy (non-hydrogen) atoms. The highest BCUT2D eigenvalue weighted by atomic mass is 35.5. The van der Waals surface area contributed by atoms with Gasteiger partial charge in [-0.05, 0) is 5.56 Å². The van der Waals surface area contributed by atoms with Gasteiger partial charge in [0.05, 0.1) is 19.3 Å². The molecule has 0 spiro atoms. The Bertz CT molecular complexity index is 591. The first-order chi connectivity index (χ1) is 11.3. The molecule has 3 rings (SSSR count). The van der Waals surface area contributed by atoms with Crippen molar-refractivity contribution < 1.29 is 9.84 Å². The minimum atomic E-state index is -0.509. The Morgan fingerprint density at radius 1 is 1.12 bits per heavy atom. The SMILES string of the molecule is Cl.OC(CNCc1cnc(N2CCOCC2)nc1)c1ccccc1. The highest BCUT2D eigenvalue weighted by Gasteiger charge is 2.13. The van der Waals surface area contributed by atoms with Crippen molar-refractivity contribution in [1.82, 2.24) is 15.3 Å². The van der Waals surface area contributed by atoms with E-state index < -0.39 is 6.10 Å². The van der Waals surface area contributed by atoms with Crippen molar-refractivity contribution in [2.45, 2.75) is 12.6 Å². The van der Waals surface area contributed by atoms with Crippen LogP contribution >= 0.6 is 12.4 Å². The summed E-state index contributed by atoms with van der Waals surface area (Å²) in [6.07, 6.45) is 3.16. The topological polar surface area (TPSA) is 70.5 Å². The number of ether oxygens (including phenoxy) is 1. The summed E-state index contributed by atoms with van der Waals surface area (Å²) in [7, 11) is 0. The first kappa shape index (κ1) is 18.6. The van der Waals surface area contributed by atoms with Crippen LogP contribution in [0.4, 0.5) is 5.95 Å². The van der Waals surface area contributed by atoms with Crippen LogP contribution in [-0.4, -0.2) is 47.9 Å². The largest absolute Gasteiger partial charge is 0.387 e. The quantitative estimate of drug-likeness (QED) is 0.824. The Labute approximate surface area is 148 Å². The Hall–Kier alpha value is -1.73. The molecule has 1 aromatic heterocycles. The van der Waals surface area contributed by atoms with Gasteiger partial charge in [-0.3, -0.25) is 0 Å². The summed E-state index contributed by atoms with van der Waals surface area (Å²) >= 11 is 0. The molecule has 0 amide bonds. The van der Waals surface area contributed by atoms with Crippen LogP contribution in [-0.2, 0) is 11.3 Å². The molecule has 0 saturated carbocycles. The molecule has 130 valence electrons. The second-order valence-electron chi connectivity index (χ2n) is 5.55. The molecule has 1 aromatic carbocycles. The fraction of sp³-hybridized carbons (Fsp3) is 0.412. The first-order valence-electron chi connectivity index (χ1n) is 7.90. The fourth-order valence-electron chi connectivity index (χ4n) is 2.51. The normalized spacial score (nSPS) is 15.6. The van der Waals surface area contributed by atoms with E-state index in [1.165, 1.54) is 0 Å². The van der Waals surface area contributed by atoms with Crippen LogP contribution in [0.15, 0.2) is 42.7 Å². The van der Waals surface area contributed by atoms with Crippen molar-refractivity contribution >= 4 is 18.4 Å². The number of aliphatic hydroxyl groups is 1. The van der Waals surface area contributed by atoms with E-state index in [1.54, 1.807) is 0 Å². The zero-order chi connectivity index (χ0) is 15.9. The van der Waals surface area contributed by atoms with Crippen LogP contribution < -0.4 is 10.2 Å². The third-order valence-electron chi connectivity index (χ3n) is 3.84. The van der Waals surface area contributed by atoms with Gasteiger partial charge in [0.1, 0.15) is 0 Å². The van der Waals surface area contributed by atoms with E-state index >= 15 is 0 Å². The van der Waals surface area contributed by atoms with Crippen molar-refractivity contribution in [3.63, 3.8) is 0 Å². The fourth-order valence-corrected chi connectivity index (χ4v) is 2.51. The van der Waals surface area contributed by atoms with E-state index in [9.17, 15) is 5.11 Å². The molecule has 1 aliphatic heterocycles. The van der Waals surface area contributed by atoms with Gasteiger partial charge >= 0.3 is 0 Å². The third-order valence-corrected chi connectivity index (χ3v) is 3.84. The van der Waals surface area contributed by atoms with E-state index in [0.717, 1.165) is 43.4 Å². The molecule has 1 atom stereocenters. The van der Waals surface area contributed by atoms with Crippen LogP contribution in [0.1, 0.15) is 17.2 Å². The van der Waals surface area contributed by atoms with Crippen LogP contribution in [0.5, 0.6) is 0 Å². The summed E-state index contributed by atoms with van der Waals surface area (Å²) in [4.78, 5) is 11.0. The zero-order valence-electron chi connectivity index (χ0n) is 13.5. The summed E-state index contributed by atoms with van der Waals surface area (Å²) in [6.45, 7) is 4.25. The van der Waals surface area contributed by atoms with E-state index in [-0.39, 0.29) is 12.4 Å². The van der Waals surface area contributed by atoms with Crippen molar-refractivity contribution in [3.8, 4) is 0 Å². The number of hydrogen-bond donors (Lipinski definition) is 2. The summed E-state index contributed by atoms with van der Waals surface area (Å²) in [5.74, 6) is 0.751. The van der Waals surface area contributed by atoms with Gasteiger partial charge < -0.3 is 20.1 Å². The highest BCUT2D eigenvalue weighted by Crippen LogP contribution is 2.12. The van der Waals surface area contributed by atoms with Crippen LogP contribution in [0.25, 0.3) is 0 Å². The van der Waals surface area contributed by atoms with Gasteiger partial charge in [0.25, 0.3) is 0 Å². The number of aromatic nitrogens is 2. The van der Waals surface area contributed by atoms with Gasteiger partial charge in [0, 0.05) is 44.1 Å². The van der Waals surface area contributed by atoms with Crippen molar-refractivity contribution in [1.29, 1.82) is 0 Å². The maximum atomic E-state index is 10.1. The lowest BCUT2D eigenvalue weighted by Crippen LogP contribution is -2.37. The molecule has 6 nitrogen and oxygen atoms in total. The van der Waals surface area contributed by atoms with Crippen molar-refractivity contribution in [3.05, 3.63) is 53.9 Å². The minimum Gasteiger partial charge on any atom is -0.387 e. The molecular formula is C17H23ClN4O2. The molecule has 0 radical (unpaired) electrons. The van der Waals surface area contributed by atoms with E-state index in [2.05, 4.69) is 20.2 Å². The molecule has 1 aliphatic rings. The molecule has 2 heterocycles. The van der Waals surface area contributed by atoms with Crippen LogP contribution in [0.2, 0.25) is 0 Å². The standard InChI is InChI=1S/C17H22N4O2.ClH/c22-16(15-4-2-1-3-5-15)13-18-10-14-11-19-17(20-12-14)21-6-8-23-9-7-21;/h1-5,11-12,16,18,22H,6-10,13H2;1H. The predicted molar refractivity (Wildman–Crippen MR) is 95.4 cm³/mol. The molecule has 1 saturated heterocycles. The number of nitrogens with one attached hydrogen (secondary N) is 1. The molecule has 2 aromatic rings. The lowest BCUT2D eigenvalue weighted by Gasteiger charge is -2.26. The van der Waals surface area contributed by atoms with Crippen molar-refractivity contribution in [2.24, 2.45) is 0 Å². The maximum Gasteiger partial charge on any atom is 0.225 e. The minimum absolute atomic E-state index is 0. The summed E-state index contributed by atoms with van der Waals surface area (Å²) in [5, 5.41) is 13.3. The molecule has 0 aliphatic carbocycles. The van der Waals surface area contributed by atoms with Gasteiger partial charge in [-0.1, -0.05) is 30.3 Å². The maximum absolute atomic E-state index is 10.1. The van der Waals surface area contributed by atoms with E-state index in [1.807, 2.05) is 42.7 Å². The van der Waals surface area contributed by atoms with Crippen LogP contribution in [0.3, 0.4) is 0 Å². The molecule has 2 N–H and O–H groups in total. The van der Waals surface area contributed by atoms with Gasteiger partial charge in [-0.2, -0.15) is 0 Å². The Morgan fingerprint density at radius 3 is 2.46 bits per heavy atom. The molecule has 0 bridgehead atoms. The summed E-state index contributed by atoms with van der Waals surface area (Å²) < 4.78 is 5.33. The second-order valence-corrected chi connectivity index (χ2v) is 5.55. The third kappa shape index (κ3) is 5.14. The average Bonchev–Trinajstić information content (AvgIpc) is 2.64. The van der Waals surface area contributed by atoms with Gasteiger partial charge in [0.15, 0.2) is 0 Å². The zero-order valence-corrected chi connectivity index (χ0v) is 14.3. The highest BCUT2D eigenvalue weighted by molar-refractivity contribution is 5.85. The van der Waals surface area contributed by atoms with Crippen LogP contribution in [0, 0.1) is 0 Å². The Kier molecular flexibility index (Phi) is 7.39. The first-order valence-corrected chi connectivity index (χ1v) is 7.90. The lowest BCUT2D eigenvalue weighted by molar-refractivity contribution is 0.122. The number of hydrogen-bond acceptors (Lipinski definition) is 6. The van der Waals surface area contributed by atoms with E-state index in [4.69, 9.17) is 4.74 Å². The Balaban J connectivity index is 0.00000208. The number of aliphatic hydroxyl groups excluding tert-OH is 1. The number of anilines is 1. The molecule has 1 unspecified atom stereocenters. The predicted octanol–water partition coefficient (Wildman–Crippen LogP) is 1.56. The van der Waals surface area contributed by atoms with Gasteiger partial charge in [-0.25, -0.2) is 9.97 Å². The number of nitrogens with zero attached hydrogens (tertiary/aromatic N) is 3. The summed E-state index contributed by atoms with van der Waals surface area (Å²) in [5.41, 5.74) is 1.92. The van der Waals surface area contributed by atoms with Gasteiger partial charge in [0.2, 0.25) is 5.95 Å². The Morgan fingerprint density at radius 2 is 1.79 bits per heavy atom. The second kappa shape index (κ2) is 9.54.